The highest BCUT2D eigenvalue weighted by Crippen LogP contribution is 2.40. The SMILES string of the molecule is N#CC1(C(=O)NCC(O)c2ccc(F)cc2)CCC1. The van der Waals surface area contributed by atoms with Gasteiger partial charge in [-0.1, -0.05) is 12.1 Å². The standard InChI is InChI=1S/C14H15FN2O2/c15-11-4-2-10(3-5-11)12(18)8-17-13(19)14(9-16)6-1-7-14/h2-5,12,18H,1,6-8H2,(H,17,19). The molecule has 0 radical (unpaired) electrons. The number of nitrogens with one attached hydrogen (secondary N) is 1. The summed E-state index contributed by atoms with van der Waals surface area (Å²) < 4.78 is 12.7. The smallest absolute Gasteiger partial charge is 0.240 e. The van der Waals surface area contributed by atoms with Crippen LogP contribution in [0, 0.1) is 22.6 Å². The molecule has 1 aliphatic rings. The first-order valence-corrected chi connectivity index (χ1v) is 6.20. The van der Waals surface area contributed by atoms with E-state index in [1.54, 1.807) is 0 Å². The van der Waals surface area contributed by atoms with Gasteiger partial charge < -0.3 is 10.4 Å². The number of rotatable bonds is 4. The van der Waals surface area contributed by atoms with Crippen LogP contribution in [-0.4, -0.2) is 17.6 Å². The number of hydrogen-bond acceptors (Lipinski definition) is 3. The summed E-state index contributed by atoms with van der Waals surface area (Å²) in [7, 11) is 0. The molecular weight excluding hydrogens is 247 g/mol. The van der Waals surface area contributed by atoms with Gasteiger partial charge in [0.1, 0.15) is 11.2 Å². The maximum atomic E-state index is 12.7. The van der Waals surface area contributed by atoms with E-state index in [0.717, 1.165) is 6.42 Å². The van der Waals surface area contributed by atoms with Crippen molar-refractivity contribution in [1.82, 2.24) is 5.32 Å². The van der Waals surface area contributed by atoms with E-state index in [0.29, 0.717) is 18.4 Å². The second-order valence-corrected chi connectivity index (χ2v) is 4.82. The monoisotopic (exact) mass is 262 g/mol. The molecule has 2 rings (SSSR count). The van der Waals surface area contributed by atoms with Gasteiger partial charge in [-0.25, -0.2) is 4.39 Å². The molecule has 19 heavy (non-hydrogen) atoms. The zero-order valence-electron chi connectivity index (χ0n) is 10.4. The van der Waals surface area contributed by atoms with Gasteiger partial charge in [0.2, 0.25) is 5.91 Å². The van der Waals surface area contributed by atoms with Crippen LogP contribution < -0.4 is 5.32 Å². The van der Waals surface area contributed by atoms with Gasteiger partial charge >= 0.3 is 0 Å². The Balaban J connectivity index is 1.90. The summed E-state index contributed by atoms with van der Waals surface area (Å²) in [6.07, 6.45) is 1.12. The molecule has 1 aromatic carbocycles. The zero-order valence-corrected chi connectivity index (χ0v) is 10.4. The van der Waals surface area contributed by atoms with Crippen molar-refractivity contribution in [3.05, 3.63) is 35.6 Å². The lowest BCUT2D eigenvalue weighted by atomic mass is 9.69. The third-order valence-electron chi connectivity index (χ3n) is 3.57. The Bertz CT molecular complexity index is 503. The van der Waals surface area contributed by atoms with Gasteiger partial charge in [0.15, 0.2) is 0 Å². The van der Waals surface area contributed by atoms with Crippen molar-refractivity contribution in [2.24, 2.45) is 5.41 Å². The minimum atomic E-state index is -0.914. The van der Waals surface area contributed by atoms with Gasteiger partial charge in [-0.3, -0.25) is 4.79 Å². The van der Waals surface area contributed by atoms with E-state index in [1.165, 1.54) is 24.3 Å². The quantitative estimate of drug-likeness (QED) is 0.866. The first-order valence-electron chi connectivity index (χ1n) is 6.20. The average molecular weight is 262 g/mol. The molecule has 1 aromatic rings. The summed E-state index contributed by atoms with van der Waals surface area (Å²) in [4.78, 5) is 11.9. The number of hydrogen-bond donors (Lipinski definition) is 2. The van der Waals surface area contributed by atoms with Crippen LogP contribution in [-0.2, 0) is 4.79 Å². The van der Waals surface area contributed by atoms with Crippen molar-refractivity contribution < 1.29 is 14.3 Å². The summed E-state index contributed by atoms with van der Waals surface area (Å²) in [5.74, 6) is -0.708. The Morgan fingerprint density at radius 1 is 1.47 bits per heavy atom. The normalized spacial score (nSPS) is 17.9. The van der Waals surface area contributed by atoms with E-state index in [2.05, 4.69) is 5.32 Å². The number of halogens is 1. The predicted octanol–water partition coefficient (Wildman–Crippen LogP) is 1.67. The van der Waals surface area contributed by atoms with E-state index in [4.69, 9.17) is 5.26 Å². The number of amides is 1. The molecule has 0 aliphatic heterocycles. The molecule has 1 saturated carbocycles. The Hall–Kier alpha value is -1.93. The van der Waals surface area contributed by atoms with Crippen molar-refractivity contribution in [3.8, 4) is 6.07 Å². The van der Waals surface area contributed by atoms with Gasteiger partial charge in [-0.2, -0.15) is 5.26 Å². The largest absolute Gasteiger partial charge is 0.387 e. The predicted molar refractivity (Wildman–Crippen MR) is 66.3 cm³/mol. The fourth-order valence-corrected chi connectivity index (χ4v) is 2.08. The Kier molecular flexibility index (Phi) is 3.82. The fourth-order valence-electron chi connectivity index (χ4n) is 2.08. The lowest BCUT2D eigenvalue weighted by Gasteiger charge is -2.33. The molecular formula is C14H15FN2O2. The van der Waals surface area contributed by atoms with Crippen LogP contribution in [0.25, 0.3) is 0 Å². The second-order valence-electron chi connectivity index (χ2n) is 4.82. The number of carbonyl (C=O) groups excluding carboxylic acids is 1. The maximum absolute atomic E-state index is 12.7. The van der Waals surface area contributed by atoms with Crippen LogP contribution >= 0.6 is 0 Å². The Morgan fingerprint density at radius 3 is 2.58 bits per heavy atom. The molecule has 0 aromatic heterocycles. The number of benzene rings is 1. The molecule has 1 unspecified atom stereocenters. The number of aliphatic hydroxyl groups is 1. The van der Waals surface area contributed by atoms with Gasteiger partial charge in [0.05, 0.1) is 12.2 Å². The molecule has 2 N–H and O–H groups in total. The van der Waals surface area contributed by atoms with Crippen molar-refractivity contribution in [1.29, 1.82) is 5.26 Å². The molecule has 0 spiro atoms. The van der Waals surface area contributed by atoms with Crippen LogP contribution in [0.15, 0.2) is 24.3 Å². The highest BCUT2D eigenvalue weighted by Gasteiger charge is 2.44. The highest BCUT2D eigenvalue weighted by molar-refractivity contribution is 5.86. The van der Waals surface area contributed by atoms with E-state index in [9.17, 15) is 14.3 Å². The number of carbonyl (C=O) groups is 1. The minimum absolute atomic E-state index is 0.0217. The Morgan fingerprint density at radius 2 is 2.11 bits per heavy atom. The van der Waals surface area contributed by atoms with Gasteiger partial charge in [0, 0.05) is 6.54 Å². The summed E-state index contributed by atoms with van der Waals surface area (Å²) >= 11 is 0. The molecule has 0 bridgehead atoms. The third-order valence-corrected chi connectivity index (χ3v) is 3.57. The van der Waals surface area contributed by atoms with Crippen molar-refractivity contribution in [3.63, 3.8) is 0 Å². The molecule has 1 atom stereocenters. The van der Waals surface area contributed by atoms with Gasteiger partial charge in [-0.15, -0.1) is 0 Å². The van der Waals surface area contributed by atoms with E-state index in [-0.39, 0.29) is 18.3 Å². The van der Waals surface area contributed by atoms with Crippen LogP contribution in [0.3, 0.4) is 0 Å². The molecule has 1 aliphatic carbocycles. The fraction of sp³-hybridized carbons (Fsp3) is 0.429. The van der Waals surface area contributed by atoms with Crippen molar-refractivity contribution >= 4 is 5.91 Å². The molecule has 0 heterocycles. The summed E-state index contributed by atoms with van der Waals surface area (Å²) in [6.45, 7) is 0.0217. The molecule has 4 nitrogen and oxygen atoms in total. The van der Waals surface area contributed by atoms with Crippen LogP contribution in [0.1, 0.15) is 30.9 Å². The zero-order chi connectivity index (χ0) is 13.9. The van der Waals surface area contributed by atoms with E-state index in [1.807, 2.05) is 6.07 Å². The lowest BCUT2D eigenvalue weighted by molar-refractivity contribution is -0.132. The minimum Gasteiger partial charge on any atom is -0.387 e. The number of nitrogens with zero attached hydrogens (tertiary/aromatic N) is 1. The van der Waals surface area contributed by atoms with Crippen molar-refractivity contribution in [2.45, 2.75) is 25.4 Å². The molecule has 1 fully saturated rings. The first-order chi connectivity index (χ1) is 9.07. The summed E-state index contributed by atoms with van der Waals surface area (Å²) in [5.41, 5.74) is -0.385. The van der Waals surface area contributed by atoms with Crippen LogP contribution in [0.4, 0.5) is 4.39 Å². The molecule has 1 amide bonds. The topological polar surface area (TPSA) is 73.1 Å². The maximum Gasteiger partial charge on any atom is 0.240 e. The Labute approximate surface area is 110 Å². The van der Waals surface area contributed by atoms with Crippen LogP contribution in [0.5, 0.6) is 0 Å². The molecule has 5 heteroatoms. The van der Waals surface area contributed by atoms with E-state index < -0.39 is 11.5 Å². The highest BCUT2D eigenvalue weighted by atomic mass is 19.1. The third kappa shape index (κ3) is 2.74. The van der Waals surface area contributed by atoms with Gasteiger partial charge in [-0.05, 0) is 37.0 Å². The van der Waals surface area contributed by atoms with Crippen LogP contribution in [0.2, 0.25) is 0 Å². The van der Waals surface area contributed by atoms with Crippen molar-refractivity contribution in [2.75, 3.05) is 6.54 Å². The van der Waals surface area contributed by atoms with Gasteiger partial charge in [0.25, 0.3) is 0 Å². The lowest BCUT2D eigenvalue weighted by Crippen LogP contribution is -2.45. The number of aliphatic hydroxyl groups excluding tert-OH is 1. The summed E-state index contributed by atoms with van der Waals surface area (Å²) in [6, 6.07) is 7.48. The number of nitriles is 1. The van der Waals surface area contributed by atoms with E-state index >= 15 is 0 Å². The molecule has 0 saturated heterocycles. The first kappa shape index (κ1) is 13.5. The second kappa shape index (κ2) is 5.37. The average Bonchev–Trinajstić information content (AvgIpc) is 2.36. The molecule has 100 valence electrons. The summed E-state index contributed by atoms with van der Waals surface area (Å²) in [5, 5.41) is 21.5.